The lowest BCUT2D eigenvalue weighted by Crippen LogP contribution is -2.14. The number of aromatic nitrogens is 6. The molecule has 2 aromatic carbocycles. The highest BCUT2D eigenvalue weighted by atomic mass is 32.2. The van der Waals surface area contributed by atoms with Gasteiger partial charge in [-0.15, -0.1) is 21.5 Å². The van der Waals surface area contributed by atoms with Gasteiger partial charge >= 0.3 is 0 Å². The number of aromatic amines is 1. The molecule has 0 atom stereocenters. The predicted molar refractivity (Wildman–Crippen MR) is 137 cm³/mol. The van der Waals surface area contributed by atoms with Crippen molar-refractivity contribution in [3.8, 4) is 17.1 Å². The van der Waals surface area contributed by atoms with E-state index in [-0.39, 0.29) is 5.56 Å². The number of thiazole rings is 1. The predicted octanol–water partition coefficient (Wildman–Crippen LogP) is 5.39. The van der Waals surface area contributed by atoms with Crippen LogP contribution in [0.25, 0.3) is 32.9 Å². The van der Waals surface area contributed by atoms with E-state index >= 15 is 0 Å². The molecule has 0 radical (unpaired) electrons. The smallest absolute Gasteiger partial charge is 0.258 e. The Bertz CT molecular complexity index is 1720. The van der Waals surface area contributed by atoms with Gasteiger partial charge in [0.1, 0.15) is 0 Å². The van der Waals surface area contributed by atoms with Crippen molar-refractivity contribution < 1.29 is 0 Å². The molecular formula is C25H20N6OS2. The number of nitrogens with one attached hydrogen (secondary N) is 1. The number of para-hydroxylation sites is 2. The van der Waals surface area contributed by atoms with E-state index in [1.54, 1.807) is 10.5 Å². The first-order valence-electron chi connectivity index (χ1n) is 10.8. The Labute approximate surface area is 203 Å². The van der Waals surface area contributed by atoms with Gasteiger partial charge in [0.25, 0.3) is 5.56 Å². The maximum atomic E-state index is 12.6. The topological polar surface area (TPSA) is 80.9 Å². The molecule has 1 N–H and O–H groups in total. The van der Waals surface area contributed by atoms with Crippen LogP contribution in [0.3, 0.4) is 0 Å². The second kappa shape index (κ2) is 8.27. The molecule has 0 amide bonds. The van der Waals surface area contributed by atoms with Crippen LogP contribution in [0.5, 0.6) is 0 Å². The molecule has 6 aromatic rings. The molecule has 6 rings (SSSR count). The maximum Gasteiger partial charge on any atom is 0.258 e. The standard InChI is InChI=1S/C25H20N6OS2/c1-15-7-3-6-10-21(15)31-23(19-12-26-20-9-5-4-8-18(19)20)28-29-25(31)34-14-17-11-22(32)30-16(2)13-33-24(30)27-17/h3-13,26H,14H2,1-2H3. The summed E-state index contributed by atoms with van der Waals surface area (Å²) in [6.07, 6.45) is 1.98. The molecule has 0 aliphatic rings. The van der Waals surface area contributed by atoms with Gasteiger partial charge in [-0.25, -0.2) is 4.98 Å². The fourth-order valence-corrected chi connectivity index (χ4v) is 5.87. The minimum atomic E-state index is -0.0563. The SMILES string of the molecule is Cc1ccccc1-n1c(SCc2cc(=O)n3c(C)csc3n2)nnc1-c1c[nH]c2ccccc12. The summed E-state index contributed by atoms with van der Waals surface area (Å²) in [7, 11) is 0. The van der Waals surface area contributed by atoms with Crippen LogP contribution in [0.15, 0.2) is 76.1 Å². The van der Waals surface area contributed by atoms with E-state index < -0.39 is 0 Å². The van der Waals surface area contributed by atoms with Crippen molar-refractivity contribution in [3.63, 3.8) is 0 Å². The molecule has 34 heavy (non-hydrogen) atoms. The first-order valence-corrected chi connectivity index (χ1v) is 12.6. The van der Waals surface area contributed by atoms with Crippen molar-refractivity contribution in [2.24, 2.45) is 0 Å². The van der Waals surface area contributed by atoms with Crippen LogP contribution in [0, 0.1) is 13.8 Å². The summed E-state index contributed by atoms with van der Waals surface area (Å²) in [5.74, 6) is 1.28. The molecule has 0 saturated heterocycles. The summed E-state index contributed by atoms with van der Waals surface area (Å²) in [4.78, 5) is 21.3. The zero-order chi connectivity index (χ0) is 23.2. The Morgan fingerprint density at radius 3 is 2.76 bits per heavy atom. The molecule has 0 unspecified atom stereocenters. The van der Waals surface area contributed by atoms with Crippen LogP contribution in [-0.4, -0.2) is 29.1 Å². The molecule has 0 spiro atoms. The number of nitrogens with zero attached hydrogens (tertiary/aromatic N) is 5. The number of fused-ring (bicyclic) bond motifs is 2. The van der Waals surface area contributed by atoms with Gasteiger partial charge in [-0.2, -0.15) is 0 Å². The van der Waals surface area contributed by atoms with Crippen molar-refractivity contribution in [3.05, 3.63) is 93.5 Å². The highest BCUT2D eigenvalue weighted by Crippen LogP contribution is 2.34. The third-order valence-electron chi connectivity index (χ3n) is 5.80. The molecule has 4 aromatic heterocycles. The minimum absolute atomic E-state index is 0.0563. The van der Waals surface area contributed by atoms with Gasteiger partial charge in [0.15, 0.2) is 15.9 Å². The first-order chi connectivity index (χ1) is 16.6. The fraction of sp³-hybridized carbons (Fsp3) is 0.120. The van der Waals surface area contributed by atoms with E-state index in [9.17, 15) is 4.79 Å². The summed E-state index contributed by atoms with van der Waals surface area (Å²) in [5, 5.41) is 12.9. The lowest BCUT2D eigenvalue weighted by Gasteiger charge is -2.12. The normalized spacial score (nSPS) is 11.6. The molecule has 0 fully saturated rings. The Kier molecular flexibility index (Phi) is 5.08. The summed E-state index contributed by atoms with van der Waals surface area (Å²) >= 11 is 3.00. The Balaban J connectivity index is 1.44. The van der Waals surface area contributed by atoms with Crippen LogP contribution >= 0.6 is 23.1 Å². The van der Waals surface area contributed by atoms with Crippen LogP contribution in [0.2, 0.25) is 0 Å². The van der Waals surface area contributed by atoms with Gasteiger partial charge in [0, 0.05) is 45.6 Å². The molecule has 0 aliphatic heterocycles. The van der Waals surface area contributed by atoms with Crippen molar-refractivity contribution in [2.45, 2.75) is 24.8 Å². The number of hydrogen-bond donors (Lipinski definition) is 1. The van der Waals surface area contributed by atoms with Gasteiger partial charge in [-0.1, -0.05) is 48.2 Å². The van der Waals surface area contributed by atoms with Gasteiger partial charge in [-0.3, -0.25) is 13.8 Å². The van der Waals surface area contributed by atoms with E-state index in [1.807, 2.05) is 42.8 Å². The summed E-state index contributed by atoms with van der Waals surface area (Å²) in [6.45, 7) is 4.00. The fourth-order valence-electron chi connectivity index (χ4n) is 4.14. The molecule has 7 nitrogen and oxygen atoms in total. The Morgan fingerprint density at radius 1 is 1.06 bits per heavy atom. The third kappa shape index (κ3) is 3.44. The van der Waals surface area contributed by atoms with E-state index in [0.717, 1.165) is 50.1 Å². The van der Waals surface area contributed by atoms with Crippen molar-refractivity contribution >= 4 is 39.0 Å². The molecule has 168 valence electrons. The van der Waals surface area contributed by atoms with Gasteiger partial charge in [0.05, 0.1) is 11.4 Å². The average Bonchev–Trinajstić information content (AvgIpc) is 3.55. The zero-order valence-corrected chi connectivity index (χ0v) is 20.2. The number of hydrogen-bond acceptors (Lipinski definition) is 6. The number of H-pyrrole nitrogens is 1. The second-order valence-corrected chi connectivity index (χ2v) is 9.82. The van der Waals surface area contributed by atoms with Gasteiger partial charge in [0.2, 0.25) is 0 Å². The lowest BCUT2D eigenvalue weighted by molar-refractivity contribution is 0.879. The quantitative estimate of drug-likeness (QED) is 0.332. The Hall–Kier alpha value is -3.69. The maximum absolute atomic E-state index is 12.6. The largest absolute Gasteiger partial charge is 0.360 e. The van der Waals surface area contributed by atoms with Crippen molar-refractivity contribution in [2.75, 3.05) is 0 Å². The summed E-state index contributed by atoms with van der Waals surface area (Å²) < 4.78 is 3.74. The van der Waals surface area contributed by atoms with Crippen LogP contribution in [0.4, 0.5) is 0 Å². The van der Waals surface area contributed by atoms with E-state index in [0.29, 0.717) is 10.7 Å². The highest BCUT2D eigenvalue weighted by Gasteiger charge is 2.20. The average molecular weight is 485 g/mol. The van der Waals surface area contributed by atoms with E-state index in [1.165, 1.54) is 23.1 Å². The van der Waals surface area contributed by atoms with Crippen molar-refractivity contribution in [1.82, 2.24) is 29.1 Å². The molecule has 4 heterocycles. The molecule has 0 aliphatic carbocycles. The lowest BCUT2D eigenvalue weighted by atomic mass is 10.1. The summed E-state index contributed by atoms with van der Waals surface area (Å²) in [5.41, 5.74) is 5.76. The molecular weight excluding hydrogens is 464 g/mol. The second-order valence-electron chi connectivity index (χ2n) is 8.05. The van der Waals surface area contributed by atoms with E-state index in [2.05, 4.69) is 55.9 Å². The minimum Gasteiger partial charge on any atom is -0.360 e. The van der Waals surface area contributed by atoms with Gasteiger partial charge in [-0.05, 0) is 31.5 Å². The monoisotopic (exact) mass is 484 g/mol. The third-order valence-corrected chi connectivity index (χ3v) is 7.70. The van der Waals surface area contributed by atoms with Crippen LogP contribution in [0.1, 0.15) is 17.0 Å². The van der Waals surface area contributed by atoms with E-state index in [4.69, 9.17) is 0 Å². The first kappa shape index (κ1) is 20.9. The molecule has 0 bridgehead atoms. The number of benzene rings is 2. The summed E-state index contributed by atoms with van der Waals surface area (Å²) in [6, 6.07) is 18.0. The molecule has 0 saturated carbocycles. The van der Waals surface area contributed by atoms with Crippen LogP contribution < -0.4 is 5.56 Å². The van der Waals surface area contributed by atoms with Crippen LogP contribution in [-0.2, 0) is 5.75 Å². The number of thioether (sulfide) groups is 1. The van der Waals surface area contributed by atoms with Gasteiger partial charge < -0.3 is 4.98 Å². The highest BCUT2D eigenvalue weighted by molar-refractivity contribution is 7.98. The molecule has 9 heteroatoms. The zero-order valence-electron chi connectivity index (χ0n) is 18.5. The number of rotatable bonds is 5. The number of aryl methyl sites for hydroxylation is 2. The Morgan fingerprint density at radius 2 is 1.88 bits per heavy atom. The van der Waals surface area contributed by atoms with Crippen molar-refractivity contribution in [1.29, 1.82) is 0 Å².